The van der Waals surface area contributed by atoms with E-state index in [1.165, 1.54) is 0 Å². The summed E-state index contributed by atoms with van der Waals surface area (Å²) in [7, 11) is 0. The van der Waals surface area contributed by atoms with Crippen LogP contribution in [0.4, 0.5) is 5.82 Å². The number of ether oxygens (including phenoxy) is 1. The van der Waals surface area contributed by atoms with Crippen LogP contribution in [0, 0.1) is 0 Å². The summed E-state index contributed by atoms with van der Waals surface area (Å²) in [5, 5.41) is 10.3. The van der Waals surface area contributed by atoms with Crippen LogP contribution < -0.4 is 5.32 Å². The van der Waals surface area contributed by atoms with Crippen molar-refractivity contribution in [3.63, 3.8) is 0 Å². The van der Waals surface area contributed by atoms with E-state index in [0.717, 1.165) is 29.9 Å². The first-order valence-corrected chi connectivity index (χ1v) is 7.50. The normalized spacial score (nSPS) is 17.1. The third-order valence-electron chi connectivity index (χ3n) is 3.69. The van der Waals surface area contributed by atoms with Gasteiger partial charge in [0.15, 0.2) is 0 Å². The number of rotatable bonds is 5. The zero-order chi connectivity index (χ0) is 15.5. The molecule has 1 aliphatic rings. The summed E-state index contributed by atoms with van der Waals surface area (Å²) in [6.07, 6.45) is 5.00. The van der Waals surface area contributed by atoms with E-state index in [2.05, 4.69) is 22.4 Å². The van der Waals surface area contributed by atoms with Gasteiger partial charge in [0, 0.05) is 11.3 Å². The van der Waals surface area contributed by atoms with Gasteiger partial charge >= 0.3 is 5.97 Å². The topological polar surface area (TPSA) is 80.2 Å². The number of hydrogen-bond acceptors (Lipinski definition) is 5. The quantitative estimate of drug-likeness (QED) is 0.829. The van der Waals surface area contributed by atoms with Crippen molar-refractivity contribution >= 4 is 11.8 Å². The van der Waals surface area contributed by atoms with Crippen molar-refractivity contribution in [3.05, 3.63) is 47.2 Å². The molecule has 22 heavy (non-hydrogen) atoms. The zero-order valence-electron chi connectivity index (χ0n) is 12.7. The van der Waals surface area contributed by atoms with Gasteiger partial charge in [0.1, 0.15) is 11.6 Å². The Morgan fingerprint density at radius 1 is 1.45 bits per heavy atom. The lowest BCUT2D eigenvalue weighted by atomic mass is 9.85. The van der Waals surface area contributed by atoms with Gasteiger partial charge in [0.05, 0.1) is 30.6 Å². The lowest BCUT2D eigenvalue weighted by Crippen LogP contribution is -2.24. The minimum absolute atomic E-state index is 0.300. The number of nitrogens with zero attached hydrogens (tertiary/aromatic N) is 1. The second-order valence-corrected chi connectivity index (χ2v) is 5.14. The Labute approximate surface area is 128 Å². The summed E-state index contributed by atoms with van der Waals surface area (Å²) in [5.74, 6) is 0.899. The molecule has 0 saturated carbocycles. The Balaban J connectivity index is 2.13. The minimum Gasteiger partial charge on any atom is -0.468 e. The van der Waals surface area contributed by atoms with E-state index in [0.29, 0.717) is 17.9 Å². The Morgan fingerprint density at radius 2 is 2.32 bits per heavy atom. The van der Waals surface area contributed by atoms with E-state index in [4.69, 9.17) is 9.15 Å². The number of esters is 1. The van der Waals surface area contributed by atoms with Crippen molar-refractivity contribution in [3.8, 4) is 0 Å². The van der Waals surface area contributed by atoms with E-state index in [1.807, 2.05) is 12.1 Å². The third-order valence-corrected chi connectivity index (χ3v) is 3.69. The summed E-state index contributed by atoms with van der Waals surface area (Å²) >= 11 is 0. The maximum Gasteiger partial charge on any atom is 0.336 e. The first-order valence-electron chi connectivity index (χ1n) is 7.50. The molecule has 6 heteroatoms. The lowest BCUT2D eigenvalue weighted by Gasteiger charge is -2.27. The van der Waals surface area contributed by atoms with Crippen molar-refractivity contribution in [2.45, 2.75) is 32.6 Å². The number of aromatic nitrogens is 2. The lowest BCUT2D eigenvalue weighted by molar-refractivity contribution is -0.138. The van der Waals surface area contributed by atoms with Crippen LogP contribution in [-0.4, -0.2) is 22.8 Å². The molecule has 1 atom stereocenters. The van der Waals surface area contributed by atoms with Crippen LogP contribution in [0.15, 0.2) is 40.3 Å². The molecule has 6 nitrogen and oxygen atoms in total. The second-order valence-electron chi connectivity index (χ2n) is 5.14. The largest absolute Gasteiger partial charge is 0.468 e. The molecule has 0 spiro atoms. The van der Waals surface area contributed by atoms with Gasteiger partial charge in [-0.2, -0.15) is 5.10 Å². The number of hydrogen-bond donors (Lipinski definition) is 2. The van der Waals surface area contributed by atoms with Gasteiger partial charge in [0.2, 0.25) is 0 Å². The molecule has 0 aromatic carbocycles. The van der Waals surface area contributed by atoms with Crippen LogP contribution in [-0.2, 0) is 9.53 Å². The average molecular weight is 301 g/mol. The van der Waals surface area contributed by atoms with E-state index in [-0.39, 0.29) is 11.9 Å². The molecule has 3 rings (SSSR count). The molecule has 0 radical (unpaired) electrons. The van der Waals surface area contributed by atoms with Crippen molar-refractivity contribution in [2.24, 2.45) is 0 Å². The second kappa shape index (κ2) is 6.09. The van der Waals surface area contributed by atoms with Gasteiger partial charge in [-0.1, -0.05) is 13.3 Å². The maximum absolute atomic E-state index is 12.5. The number of fused-ring (bicyclic) bond motifs is 1. The van der Waals surface area contributed by atoms with E-state index in [9.17, 15) is 4.79 Å². The van der Waals surface area contributed by atoms with Gasteiger partial charge < -0.3 is 14.5 Å². The van der Waals surface area contributed by atoms with Crippen molar-refractivity contribution in [1.82, 2.24) is 10.2 Å². The molecular formula is C16H19N3O3. The summed E-state index contributed by atoms with van der Waals surface area (Å²) in [4.78, 5) is 12.5. The van der Waals surface area contributed by atoms with E-state index < -0.39 is 0 Å². The van der Waals surface area contributed by atoms with Gasteiger partial charge in [-0.15, -0.1) is 0 Å². The van der Waals surface area contributed by atoms with Crippen LogP contribution >= 0.6 is 0 Å². The molecule has 0 saturated heterocycles. The predicted octanol–water partition coefficient (Wildman–Crippen LogP) is 3.18. The summed E-state index contributed by atoms with van der Waals surface area (Å²) in [6, 6.07) is 3.69. The van der Waals surface area contributed by atoms with E-state index in [1.54, 1.807) is 19.4 Å². The molecule has 3 heterocycles. The first kappa shape index (κ1) is 14.4. The van der Waals surface area contributed by atoms with Crippen LogP contribution in [0.3, 0.4) is 0 Å². The number of furan rings is 1. The van der Waals surface area contributed by atoms with Crippen LogP contribution in [0.1, 0.15) is 43.9 Å². The van der Waals surface area contributed by atoms with Crippen molar-refractivity contribution in [1.29, 1.82) is 0 Å². The molecule has 2 aromatic heterocycles. The molecule has 1 aliphatic heterocycles. The van der Waals surface area contributed by atoms with Crippen molar-refractivity contribution in [2.75, 3.05) is 11.9 Å². The fraction of sp³-hybridized carbons (Fsp3) is 0.375. The highest BCUT2D eigenvalue weighted by Crippen LogP contribution is 2.42. The fourth-order valence-electron chi connectivity index (χ4n) is 2.81. The Bertz CT molecular complexity index is 685. The smallest absolute Gasteiger partial charge is 0.336 e. The minimum atomic E-state index is -0.313. The number of carbonyl (C=O) groups excluding carboxylic acids is 1. The SMILES string of the molecule is CCCC1=C(C(=O)OCC)C(c2ccco2)c2cn[nH]c2N1. The number of anilines is 1. The van der Waals surface area contributed by atoms with Crippen LogP contribution in [0.2, 0.25) is 0 Å². The Hall–Kier alpha value is -2.50. The average Bonchev–Trinajstić information content (AvgIpc) is 3.17. The standard InChI is InChI=1S/C16H19N3O3/c1-3-6-11-14(16(20)21-4-2)13(12-7-5-8-22-12)10-9-17-19-15(10)18-11/h5,7-9,13H,3-4,6H2,1-2H3,(H2,17,18,19). The summed E-state index contributed by atoms with van der Waals surface area (Å²) < 4.78 is 10.8. The van der Waals surface area contributed by atoms with Gasteiger partial charge in [0.25, 0.3) is 0 Å². The number of nitrogens with one attached hydrogen (secondary N) is 2. The molecule has 0 amide bonds. The Kier molecular flexibility index (Phi) is 4.00. The highest BCUT2D eigenvalue weighted by molar-refractivity contribution is 5.94. The van der Waals surface area contributed by atoms with Crippen molar-refractivity contribution < 1.29 is 13.9 Å². The number of aromatic amines is 1. The van der Waals surface area contributed by atoms with Crippen LogP contribution in [0.25, 0.3) is 0 Å². The molecule has 0 fully saturated rings. The number of carbonyl (C=O) groups is 1. The van der Waals surface area contributed by atoms with Gasteiger partial charge in [-0.3, -0.25) is 5.10 Å². The fourth-order valence-corrected chi connectivity index (χ4v) is 2.81. The van der Waals surface area contributed by atoms with E-state index >= 15 is 0 Å². The van der Waals surface area contributed by atoms with Crippen LogP contribution in [0.5, 0.6) is 0 Å². The molecule has 2 aromatic rings. The Morgan fingerprint density at radius 3 is 3.00 bits per heavy atom. The molecule has 2 N–H and O–H groups in total. The maximum atomic E-state index is 12.5. The monoisotopic (exact) mass is 301 g/mol. The molecule has 116 valence electrons. The summed E-state index contributed by atoms with van der Waals surface area (Å²) in [5.41, 5.74) is 2.35. The number of H-pyrrole nitrogens is 1. The summed E-state index contributed by atoms with van der Waals surface area (Å²) in [6.45, 7) is 4.21. The first-order chi connectivity index (χ1) is 10.8. The molecule has 0 bridgehead atoms. The molecule has 1 unspecified atom stereocenters. The molecule has 0 aliphatic carbocycles. The third kappa shape index (κ3) is 2.41. The predicted molar refractivity (Wildman–Crippen MR) is 81.3 cm³/mol. The highest BCUT2D eigenvalue weighted by Gasteiger charge is 2.36. The van der Waals surface area contributed by atoms with Gasteiger partial charge in [-0.05, 0) is 25.5 Å². The molecular weight excluding hydrogens is 282 g/mol. The number of allylic oxidation sites excluding steroid dienone is 1. The highest BCUT2D eigenvalue weighted by atomic mass is 16.5. The van der Waals surface area contributed by atoms with Gasteiger partial charge in [-0.25, -0.2) is 4.79 Å². The zero-order valence-corrected chi connectivity index (χ0v) is 12.7.